The fraction of sp³-hybridized carbons (Fsp3) is 0. The Morgan fingerprint density at radius 1 is 0.733 bits per heavy atom. The smallest absolute Gasteiger partial charge is 0.264 e. The Morgan fingerprint density at radius 2 is 1.37 bits per heavy atom. The quantitative estimate of drug-likeness (QED) is 0.361. The molecule has 0 saturated heterocycles. The summed E-state index contributed by atoms with van der Waals surface area (Å²) in [4.78, 5) is 0.0418. The molecule has 0 amide bonds. The fourth-order valence-electron chi connectivity index (χ4n) is 3.83. The molecule has 0 unspecified atom stereocenters. The molecule has 0 radical (unpaired) electrons. The molecule has 146 valence electrons. The van der Waals surface area contributed by atoms with Crippen LogP contribution in [-0.2, 0) is 14.4 Å². The second kappa shape index (κ2) is 6.97. The van der Waals surface area contributed by atoms with Crippen LogP contribution in [-0.4, -0.2) is 14.1 Å². The summed E-state index contributed by atoms with van der Waals surface area (Å²) in [7, 11) is -4.06. The Kier molecular flexibility index (Phi) is 4.26. The maximum atomic E-state index is 12.7. The largest absolute Gasteiger partial charge is 0.358 e. The first kappa shape index (κ1) is 18.3. The van der Waals surface area contributed by atoms with E-state index in [1.807, 2.05) is 54.6 Å². The maximum Gasteiger partial charge on any atom is 0.358 e. The van der Waals surface area contributed by atoms with Gasteiger partial charge in [0.05, 0.1) is 0 Å². The van der Waals surface area contributed by atoms with Gasteiger partial charge < -0.3 is 0 Å². The summed E-state index contributed by atoms with van der Waals surface area (Å²) < 4.78 is 30.6. The van der Waals surface area contributed by atoms with Crippen molar-refractivity contribution in [3.63, 3.8) is 0 Å². The molecular weight excluding hydrogens is 394 g/mol. The molecule has 0 aliphatic heterocycles. The van der Waals surface area contributed by atoms with E-state index in [0.29, 0.717) is 5.71 Å². The Bertz CT molecular complexity index is 1430. The first-order valence-electron chi connectivity index (χ1n) is 9.44. The molecule has 0 fully saturated rings. The molecule has 4 aromatic rings. The van der Waals surface area contributed by atoms with E-state index in [4.69, 9.17) is 4.28 Å². The van der Waals surface area contributed by atoms with Crippen molar-refractivity contribution in [1.82, 2.24) is 0 Å². The molecule has 1 aliphatic rings. The molecule has 0 aromatic heterocycles. The third-order valence-electron chi connectivity index (χ3n) is 5.26. The Labute approximate surface area is 174 Å². The van der Waals surface area contributed by atoms with Crippen LogP contribution < -0.4 is 0 Å². The summed E-state index contributed by atoms with van der Waals surface area (Å²) in [5.41, 5.74) is 5.10. The van der Waals surface area contributed by atoms with Gasteiger partial charge in [0, 0.05) is 11.1 Å². The monoisotopic (exact) mass is 411 g/mol. The van der Waals surface area contributed by atoms with Crippen LogP contribution >= 0.6 is 0 Å². The molecule has 1 aliphatic carbocycles. The maximum absolute atomic E-state index is 12.7. The van der Waals surface area contributed by atoms with Crippen LogP contribution in [0.2, 0.25) is 0 Å². The highest BCUT2D eigenvalue weighted by molar-refractivity contribution is 7.86. The van der Waals surface area contributed by atoms with E-state index < -0.39 is 10.1 Å². The standard InChI is InChI=1S/C25H17NO3S/c1-2-17-13-15-19(16-14-17)30(27,28)29-26-25-22-10-4-3-9-20(22)21-11-5-7-18-8-6-12-23(25)24(18)21/h2-16H,1H2/b26-25-. The van der Waals surface area contributed by atoms with Gasteiger partial charge in [0.15, 0.2) is 0 Å². The highest BCUT2D eigenvalue weighted by Crippen LogP contribution is 2.39. The second-order valence-corrected chi connectivity index (χ2v) is 8.53. The van der Waals surface area contributed by atoms with Crippen molar-refractivity contribution in [2.75, 3.05) is 0 Å². The second-order valence-electron chi connectivity index (χ2n) is 7.00. The molecule has 0 spiro atoms. The van der Waals surface area contributed by atoms with Crippen LogP contribution in [0.15, 0.2) is 102 Å². The first-order valence-corrected chi connectivity index (χ1v) is 10.9. The molecule has 5 heteroatoms. The minimum absolute atomic E-state index is 0.0418. The van der Waals surface area contributed by atoms with Crippen molar-refractivity contribution < 1.29 is 12.7 Å². The zero-order chi connectivity index (χ0) is 20.7. The minimum Gasteiger partial charge on any atom is -0.264 e. The molecule has 5 rings (SSSR count). The molecule has 0 N–H and O–H groups in total. The first-order chi connectivity index (χ1) is 14.6. The minimum atomic E-state index is -4.06. The number of rotatable bonds is 4. The summed E-state index contributed by atoms with van der Waals surface area (Å²) in [6, 6.07) is 26.2. The molecular formula is C25H17NO3S. The number of nitrogens with zero attached hydrogens (tertiary/aromatic N) is 1. The van der Waals surface area contributed by atoms with E-state index in [1.165, 1.54) is 12.1 Å². The van der Waals surface area contributed by atoms with Crippen LogP contribution in [0.1, 0.15) is 16.7 Å². The van der Waals surface area contributed by atoms with E-state index in [0.717, 1.165) is 38.6 Å². The number of hydrogen-bond acceptors (Lipinski definition) is 4. The Balaban J connectivity index is 1.66. The van der Waals surface area contributed by atoms with Gasteiger partial charge in [-0.15, -0.1) is 0 Å². The van der Waals surface area contributed by atoms with Crippen LogP contribution in [0.25, 0.3) is 28.0 Å². The average Bonchev–Trinajstić information content (AvgIpc) is 2.79. The molecule has 0 heterocycles. The average molecular weight is 411 g/mol. The lowest BCUT2D eigenvalue weighted by molar-refractivity contribution is 0.339. The van der Waals surface area contributed by atoms with E-state index in [2.05, 4.69) is 17.8 Å². The lowest BCUT2D eigenvalue weighted by Gasteiger charge is -2.21. The number of oxime groups is 1. The van der Waals surface area contributed by atoms with Crippen molar-refractivity contribution in [1.29, 1.82) is 0 Å². The van der Waals surface area contributed by atoms with Crippen LogP contribution in [0.3, 0.4) is 0 Å². The molecule has 0 saturated carbocycles. The molecule has 4 aromatic carbocycles. The van der Waals surface area contributed by atoms with E-state index in [9.17, 15) is 8.42 Å². The van der Waals surface area contributed by atoms with Gasteiger partial charge in [-0.2, -0.15) is 8.42 Å². The third kappa shape index (κ3) is 2.91. The number of benzene rings is 4. The molecule has 4 nitrogen and oxygen atoms in total. The lowest BCUT2D eigenvalue weighted by atomic mass is 9.82. The summed E-state index contributed by atoms with van der Waals surface area (Å²) in [5.74, 6) is 0. The SMILES string of the molecule is C=Cc1ccc(S(=O)(=O)O/N=C2/c3ccccc3-c3cccc4cccc2c34)cc1. The summed E-state index contributed by atoms with van der Waals surface area (Å²) in [5, 5.41) is 6.25. The molecule has 0 atom stereocenters. The Hall–Kier alpha value is -3.70. The van der Waals surface area contributed by atoms with E-state index >= 15 is 0 Å². The van der Waals surface area contributed by atoms with Gasteiger partial charge in [0.25, 0.3) is 0 Å². The van der Waals surface area contributed by atoms with Gasteiger partial charge in [-0.3, -0.25) is 4.28 Å². The summed E-state index contributed by atoms with van der Waals surface area (Å²) in [6.07, 6.45) is 1.65. The van der Waals surface area contributed by atoms with E-state index in [1.54, 1.807) is 18.2 Å². The summed E-state index contributed by atoms with van der Waals surface area (Å²) >= 11 is 0. The van der Waals surface area contributed by atoms with Crippen LogP contribution in [0.4, 0.5) is 0 Å². The number of hydrogen-bond donors (Lipinski definition) is 0. The Morgan fingerprint density at radius 3 is 2.07 bits per heavy atom. The third-order valence-corrected chi connectivity index (χ3v) is 6.38. The predicted molar refractivity (Wildman–Crippen MR) is 120 cm³/mol. The van der Waals surface area contributed by atoms with Gasteiger partial charge in [-0.25, -0.2) is 0 Å². The van der Waals surface area contributed by atoms with Gasteiger partial charge in [-0.1, -0.05) is 90.6 Å². The zero-order valence-corrected chi connectivity index (χ0v) is 16.8. The van der Waals surface area contributed by atoms with Gasteiger partial charge in [-0.05, 0) is 39.6 Å². The lowest BCUT2D eigenvalue weighted by Crippen LogP contribution is -2.13. The van der Waals surface area contributed by atoms with Crippen molar-refractivity contribution >= 4 is 32.7 Å². The topological polar surface area (TPSA) is 55.7 Å². The normalized spacial score (nSPS) is 13.8. The number of fused-ring (bicyclic) bond motifs is 2. The van der Waals surface area contributed by atoms with Crippen molar-refractivity contribution in [3.05, 3.63) is 108 Å². The predicted octanol–water partition coefficient (Wildman–Crippen LogP) is 5.62. The fourth-order valence-corrected chi connectivity index (χ4v) is 4.56. The zero-order valence-electron chi connectivity index (χ0n) is 15.9. The van der Waals surface area contributed by atoms with E-state index in [-0.39, 0.29) is 4.90 Å². The van der Waals surface area contributed by atoms with Crippen LogP contribution in [0.5, 0.6) is 0 Å². The van der Waals surface area contributed by atoms with Crippen molar-refractivity contribution in [2.24, 2.45) is 5.16 Å². The highest BCUT2D eigenvalue weighted by atomic mass is 32.2. The van der Waals surface area contributed by atoms with Crippen molar-refractivity contribution in [2.45, 2.75) is 4.90 Å². The van der Waals surface area contributed by atoms with Crippen molar-refractivity contribution in [3.8, 4) is 11.1 Å². The molecule has 0 bridgehead atoms. The van der Waals surface area contributed by atoms with Crippen LogP contribution in [0, 0.1) is 0 Å². The summed E-state index contributed by atoms with van der Waals surface area (Å²) in [6.45, 7) is 3.68. The van der Waals surface area contributed by atoms with Gasteiger partial charge in [0.1, 0.15) is 10.6 Å². The van der Waals surface area contributed by atoms with Gasteiger partial charge in [0.2, 0.25) is 0 Å². The van der Waals surface area contributed by atoms with Gasteiger partial charge >= 0.3 is 10.1 Å². The highest BCUT2D eigenvalue weighted by Gasteiger charge is 2.25. The molecule has 30 heavy (non-hydrogen) atoms.